The molecule has 8 nitrogen and oxygen atoms in total. The van der Waals surface area contributed by atoms with Gasteiger partial charge >= 0.3 is 5.97 Å². The molecule has 3 amide bonds. The maximum Gasteiger partial charge on any atom is 0.310 e. The molecule has 2 aromatic carbocycles. The van der Waals surface area contributed by atoms with E-state index in [-0.39, 0.29) is 36.2 Å². The Kier molecular flexibility index (Phi) is 8.18. The number of esters is 1. The highest BCUT2D eigenvalue weighted by molar-refractivity contribution is 6.09. The Hall–Kier alpha value is -3.68. The minimum atomic E-state index is -0.383. The molecule has 0 radical (unpaired) electrons. The van der Waals surface area contributed by atoms with Crippen LogP contribution in [0.25, 0.3) is 0 Å². The van der Waals surface area contributed by atoms with Gasteiger partial charge in [0.15, 0.2) is 0 Å². The lowest BCUT2D eigenvalue weighted by molar-refractivity contribution is -0.151. The van der Waals surface area contributed by atoms with Crippen molar-refractivity contribution in [3.8, 4) is 0 Å². The minimum absolute atomic E-state index is 0.130. The molecule has 3 rings (SSSR count). The standard InChI is InChI=1S/C25H29N3O5/c1-3-33-25(32)19-12-9-15-28(16-19)22(29)17-27(2)24(31)20-13-7-8-14-21(20)26-23(30)18-10-5-4-6-11-18/h4-8,10-11,13-14,19H,3,9,12,15-17H2,1-2H3,(H,26,30). The second-order valence-corrected chi connectivity index (χ2v) is 7.96. The average molecular weight is 452 g/mol. The number of rotatable bonds is 7. The fraction of sp³-hybridized carbons (Fsp3) is 0.360. The van der Waals surface area contributed by atoms with E-state index in [1.165, 1.54) is 4.90 Å². The van der Waals surface area contributed by atoms with Crippen molar-refractivity contribution in [2.75, 3.05) is 38.6 Å². The largest absolute Gasteiger partial charge is 0.466 e. The number of ether oxygens (including phenoxy) is 1. The van der Waals surface area contributed by atoms with Crippen LogP contribution in [-0.2, 0) is 14.3 Å². The molecule has 33 heavy (non-hydrogen) atoms. The lowest BCUT2D eigenvalue weighted by Gasteiger charge is -2.32. The van der Waals surface area contributed by atoms with Crippen LogP contribution in [0.1, 0.15) is 40.5 Å². The topological polar surface area (TPSA) is 96.0 Å². The Morgan fingerprint density at radius 2 is 1.76 bits per heavy atom. The van der Waals surface area contributed by atoms with Crippen molar-refractivity contribution in [3.05, 3.63) is 65.7 Å². The molecule has 1 saturated heterocycles. The molecule has 0 saturated carbocycles. The number of hydrogen-bond acceptors (Lipinski definition) is 5. The number of hydrogen-bond donors (Lipinski definition) is 1. The van der Waals surface area contributed by atoms with Crippen molar-refractivity contribution in [2.45, 2.75) is 19.8 Å². The summed E-state index contributed by atoms with van der Waals surface area (Å²) < 4.78 is 5.09. The quantitative estimate of drug-likeness (QED) is 0.653. The van der Waals surface area contributed by atoms with E-state index in [9.17, 15) is 19.2 Å². The van der Waals surface area contributed by atoms with Crippen LogP contribution < -0.4 is 5.32 Å². The first-order valence-electron chi connectivity index (χ1n) is 11.1. The number of carbonyl (C=O) groups excluding carboxylic acids is 4. The number of piperidine rings is 1. The highest BCUT2D eigenvalue weighted by atomic mass is 16.5. The number of nitrogens with one attached hydrogen (secondary N) is 1. The molecule has 1 unspecified atom stereocenters. The van der Waals surface area contributed by atoms with Gasteiger partial charge in [-0.2, -0.15) is 0 Å². The molecular weight excluding hydrogens is 422 g/mol. The molecular formula is C25H29N3O5. The van der Waals surface area contributed by atoms with Crippen LogP contribution in [0.5, 0.6) is 0 Å². The van der Waals surface area contributed by atoms with Gasteiger partial charge in [0.05, 0.1) is 30.3 Å². The molecule has 1 aliphatic heterocycles. The number of benzene rings is 2. The van der Waals surface area contributed by atoms with E-state index in [2.05, 4.69) is 5.32 Å². The zero-order valence-electron chi connectivity index (χ0n) is 19.0. The van der Waals surface area contributed by atoms with E-state index in [0.717, 1.165) is 0 Å². The van der Waals surface area contributed by atoms with Gasteiger partial charge in [0, 0.05) is 25.7 Å². The summed E-state index contributed by atoms with van der Waals surface area (Å²) in [7, 11) is 1.54. The highest BCUT2D eigenvalue weighted by Crippen LogP contribution is 2.20. The summed E-state index contributed by atoms with van der Waals surface area (Å²) in [6.07, 6.45) is 1.40. The third-order valence-electron chi connectivity index (χ3n) is 5.55. The Balaban J connectivity index is 1.65. The van der Waals surface area contributed by atoms with Crippen molar-refractivity contribution in [1.82, 2.24) is 9.80 Å². The highest BCUT2D eigenvalue weighted by Gasteiger charge is 2.30. The molecule has 2 aromatic rings. The molecule has 1 fully saturated rings. The van der Waals surface area contributed by atoms with Gasteiger partial charge in [0.2, 0.25) is 5.91 Å². The number of para-hydroxylation sites is 1. The molecule has 174 valence electrons. The van der Waals surface area contributed by atoms with Crippen molar-refractivity contribution in [1.29, 1.82) is 0 Å². The first kappa shape index (κ1) is 24.0. The normalized spacial score (nSPS) is 15.5. The van der Waals surface area contributed by atoms with Gasteiger partial charge in [-0.05, 0) is 44.0 Å². The van der Waals surface area contributed by atoms with Gasteiger partial charge < -0.3 is 19.9 Å². The van der Waals surface area contributed by atoms with Gasteiger partial charge in [0.25, 0.3) is 11.8 Å². The number of likely N-dealkylation sites (N-methyl/N-ethyl adjacent to an activating group) is 1. The number of anilines is 1. The van der Waals surface area contributed by atoms with Crippen LogP contribution in [0.3, 0.4) is 0 Å². The second-order valence-electron chi connectivity index (χ2n) is 7.96. The molecule has 0 aliphatic carbocycles. The molecule has 1 atom stereocenters. The van der Waals surface area contributed by atoms with Crippen LogP contribution in [0.2, 0.25) is 0 Å². The second kappa shape index (κ2) is 11.3. The summed E-state index contributed by atoms with van der Waals surface area (Å²) in [6.45, 7) is 2.77. The summed E-state index contributed by atoms with van der Waals surface area (Å²) in [5.74, 6) is -1.56. The summed E-state index contributed by atoms with van der Waals surface area (Å²) >= 11 is 0. The fourth-order valence-corrected chi connectivity index (χ4v) is 3.80. The van der Waals surface area contributed by atoms with Gasteiger partial charge in [-0.3, -0.25) is 19.2 Å². The lowest BCUT2D eigenvalue weighted by atomic mass is 9.98. The van der Waals surface area contributed by atoms with E-state index in [1.54, 1.807) is 67.4 Å². The molecule has 0 aromatic heterocycles. The first-order chi connectivity index (χ1) is 15.9. The van der Waals surface area contributed by atoms with E-state index in [4.69, 9.17) is 4.74 Å². The Bertz CT molecular complexity index is 1010. The van der Waals surface area contributed by atoms with Gasteiger partial charge in [-0.15, -0.1) is 0 Å². The summed E-state index contributed by atoms with van der Waals surface area (Å²) in [6, 6.07) is 15.4. The predicted octanol–water partition coefficient (Wildman–Crippen LogP) is 2.81. The minimum Gasteiger partial charge on any atom is -0.466 e. The number of nitrogens with zero attached hydrogens (tertiary/aromatic N) is 2. The monoisotopic (exact) mass is 451 g/mol. The fourth-order valence-electron chi connectivity index (χ4n) is 3.80. The molecule has 8 heteroatoms. The third-order valence-corrected chi connectivity index (χ3v) is 5.55. The van der Waals surface area contributed by atoms with Crippen LogP contribution >= 0.6 is 0 Å². The average Bonchev–Trinajstić information content (AvgIpc) is 2.84. The van der Waals surface area contributed by atoms with Crippen molar-refractivity contribution < 1.29 is 23.9 Å². The maximum atomic E-state index is 13.1. The number of amides is 3. The summed E-state index contributed by atoms with van der Waals surface area (Å²) in [5, 5.41) is 2.78. The number of carbonyl (C=O) groups is 4. The van der Waals surface area contributed by atoms with E-state index in [1.807, 2.05) is 6.07 Å². The van der Waals surface area contributed by atoms with Crippen molar-refractivity contribution in [3.63, 3.8) is 0 Å². The summed E-state index contributed by atoms with van der Waals surface area (Å²) in [4.78, 5) is 53.4. The van der Waals surface area contributed by atoms with Gasteiger partial charge in [-0.25, -0.2) is 0 Å². The van der Waals surface area contributed by atoms with E-state index < -0.39 is 0 Å². The van der Waals surface area contributed by atoms with Gasteiger partial charge in [0.1, 0.15) is 0 Å². The van der Waals surface area contributed by atoms with E-state index >= 15 is 0 Å². The molecule has 0 spiro atoms. The Labute approximate surface area is 193 Å². The number of likely N-dealkylation sites (tertiary alicyclic amines) is 1. The SMILES string of the molecule is CCOC(=O)C1CCCN(C(=O)CN(C)C(=O)c2ccccc2NC(=O)c2ccccc2)C1. The molecule has 1 N–H and O–H groups in total. The van der Waals surface area contributed by atoms with Gasteiger partial charge in [-0.1, -0.05) is 30.3 Å². The van der Waals surface area contributed by atoms with Crippen LogP contribution in [0.4, 0.5) is 5.69 Å². The predicted molar refractivity (Wildman–Crippen MR) is 124 cm³/mol. The lowest BCUT2D eigenvalue weighted by Crippen LogP contribution is -2.47. The van der Waals surface area contributed by atoms with Crippen molar-refractivity contribution >= 4 is 29.4 Å². The zero-order chi connectivity index (χ0) is 23.8. The third kappa shape index (κ3) is 6.19. The smallest absolute Gasteiger partial charge is 0.310 e. The van der Waals surface area contributed by atoms with E-state index in [0.29, 0.717) is 49.4 Å². The van der Waals surface area contributed by atoms with Crippen molar-refractivity contribution in [2.24, 2.45) is 5.92 Å². The molecule has 1 aliphatic rings. The Morgan fingerprint density at radius 1 is 1.06 bits per heavy atom. The molecule has 1 heterocycles. The first-order valence-corrected chi connectivity index (χ1v) is 11.1. The summed E-state index contributed by atoms with van der Waals surface area (Å²) in [5.41, 5.74) is 1.14. The van der Waals surface area contributed by atoms with Crippen LogP contribution in [0, 0.1) is 5.92 Å². The molecule has 0 bridgehead atoms. The van der Waals surface area contributed by atoms with Crippen LogP contribution in [0.15, 0.2) is 54.6 Å². The van der Waals surface area contributed by atoms with Crippen LogP contribution in [-0.4, -0.2) is 66.8 Å². The maximum absolute atomic E-state index is 13.1. The Morgan fingerprint density at radius 3 is 2.48 bits per heavy atom. The zero-order valence-corrected chi connectivity index (χ0v) is 19.0.